The monoisotopic (exact) mass is 289 g/mol. The second-order valence-electron chi connectivity index (χ2n) is 5.46. The van der Waals surface area contributed by atoms with Crippen molar-refractivity contribution >= 4 is 0 Å². The van der Waals surface area contributed by atoms with Crippen LogP contribution < -0.4 is 10.5 Å². The summed E-state index contributed by atoms with van der Waals surface area (Å²) < 4.78 is 33.6. The van der Waals surface area contributed by atoms with Crippen molar-refractivity contribution < 1.29 is 13.5 Å². The van der Waals surface area contributed by atoms with Crippen LogP contribution in [-0.4, -0.2) is 13.2 Å². The first-order valence-electron chi connectivity index (χ1n) is 7.01. The van der Waals surface area contributed by atoms with E-state index in [1.54, 1.807) is 0 Å². The van der Waals surface area contributed by atoms with Gasteiger partial charge in [0.25, 0.3) is 0 Å². The molecule has 0 fully saturated rings. The molecule has 0 aromatic heterocycles. The molecule has 21 heavy (non-hydrogen) atoms. The van der Waals surface area contributed by atoms with Crippen LogP contribution in [0, 0.1) is 11.6 Å². The smallest absolute Gasteiger partial charge is 0.129 e. The molecule has 1 aliphatic rings. The summed E-state index contributed by atoms with van der Waals surface area (Å²) in [7, 11) is 0. The van der Waals surface area contributed by atoms with Gasteiger partial charge in [-0.15, -0.1) is 0 Å². The van der Waals surface area contributed by atoms with Crippen molar-refractivity contribution in [3.63, 3.8) is 0 Å². The fraction of sp³-hybridized carbons (Fsp3) is 0.294. The molecule has 0 aliphatic carbocycles. The first kappa shape index (κ1) is 14.0. The van der Waals surface area contributed by atoms with E-state index in [0.29, 0.717) is 19.6 Å². The quantitative estimate of drug-likeness (QED) is 0.942. The number of nitrogens with two attached hydrogens (primary N) is 1. The van der Waals surface area contributed by atoms with E-state index < -0.39 is 17.0 Å². The number of benzene rings is 2. The normalized spacial score (nSPS) is 20.7. The van der Waals surface area contributed by atoms with Gasteiger partial charge in [0, 0.05) is 23.1 Å². The first-order chi connectivity index (χ1) is 10.2. The summed E-state index contributed by atoms with van der Waals surface area (Å²) in [6.45, 7) is 0.825. The van der Waals surface area contributed by atoms with Crippen LogP contribution in [0.3, 0.4) is 0 Å². The zero-order valence-corrected chi connectivity index (χ0v) is 11.6. The van der Waals surface area contributed by atoms with Crippen molar-refractivity contribution in [3.05, 3.63) is 65.2 Å². The molecule has 1 heterocycles. The Morgan fingerprint density at radius 2 is 1.76 bits per heavy atom. The van der Waals surface area contributed by atoms with Crippen LogP contribution in [0.15, 0.2) is 42.5 Å². The van der Waals surface area contributed by atoms with Gasteiger partial charge in [0.2, 0.25) is 0 Å². The van der Waals surface area contributed by atoms with Crippen LogP contribution in [-0.2, 0) is 11.8 Å². The van der Waals surface area contributed by atoms with Gasteiger partial charge in [0.1, 0.15) is 17.4 Å². The number of ether oxygens (including phenoxy) is 1. The first-order valence-corrected chi connectivity index (χ1v) is 7.01. The predicted octanol–water partition coefficient (Wildman–Crippen LogP) is 3.19. The lowest BCUT2D eigenvalue weighted by Gasteiger charge is -2.38. The van der Waals surface area contributed by atoms with E-state index in [-0.39, 0.29) is 12.0 Å². The maximum atomic E-state index is 14.0. The van der Waals surface area contributed by atoms with Gasteiger partial charge in [-0.25, -0.2) is 8.78 Å². The Kier molecular flexibility index (Phi) is 3.64. The zero-order valence-electron chi connectivity index (χ0n) is 11.6. The van der Waals surface area contributed by atoms with Crippen LogP contribution >= 0.6 is 0 Å². The van der Waals surface area contributed by atoms with E-state index in [1.165, 1.54) is 18.2 Å². The van der Waals surface area contributed by atoms with E-state index >= 15 is 0 Å². The minimum atomic E-state index is -0.521. The average molecular weight is 289 g/mol. The highest BCUT2D eigenvalue weighted by Gasteiger charge is 2.38. The minimum Gasteiger partial charge on any atom is -0.493 e. The molecule has 2 N–H and O–H groups in total. The Bertz CT molecular complexity index is 639. The van der Waals surface area contributed by atoms with E-state index in [2.05, 4.69) is 0 Å². The SMILES string of the molecule is NCC1(Cc2c(F)cccc2F)CCOc2ccccc21. The Morgan fingerprint density at radius 1 is 1.05 bits per heavy atom. The Hall–Kier alpha value is -1.94. The summed E-state index contributed by atoms with van der Waals surface area (Å²) in [5, 5.41) is 0. The maximum absolute atomic E-state index is 14.0. The summed E-state index contributed by atoms with van der Waals surface area (Å²) in [4.78, 5) is 0. The molecule has 4 heteroatoms. The third kappa shape index (κ3) is 2.40. The molecule has 0 amide bonds. The molecule has 1 unspecified atom stereocenters. The van der Waals surface area contributed by atoms with Gasteiger partial charge in [0.05, 0.1) is 6.61 Å². The molecule has 2 nitrogen and oxygen atoms in total. The van der Waals surface area contributed by atoms with Crippen LogP contribution in [0.1, 0.15) is 17.5 Å². The molecule has 0 saturated heterocycles. The van der Waals surface area contributed by atoms with Gasteiger partial charge in [-0.3, -0.25) is 0 Å². The number of hydrogen-bond acceptors (Lipinski definition) is 2. The van der Waals surface area contributed by atoms with Crippen LogP contribution in [0.4, 0.5) is 8.78 Å². The van der Waals surface area contributed by atoms with E-state index in [0.717, 1.165) is 11.3 Å². The highest BCUT2D eigenvalue weighted by molar-refractivity contribution is 5.43. The second-order valence-corrected chi connectivity index (χ2v) is 5.46. The lowest BCUT2D eigenvalue weighted by atomic mass is 9.71. The topological polar surface area (TPSA) is 35.2 Å². The van der Waals surface area contributed by atoms with Crippen LogP contribution in [0.5, 0.6) is 5.75 Å². The van der Waals surface area contributed by atoms with Gasteiger partial charge < -0.3 is 10.5 Å². The van der Waals surface area contributed by atoms with Gasteiger partial charge in [-0.2, -0.15) is 0 Å². The van der Waals surface area contributed by atoms with Crippen molar-refractivity contribution in [2.45, 2.75) is 18.3 Å². The van der Waals surface area contributed by atoms with Gasteiger partial charge >= 0.3 is 0 Å². The zero-order chi connectivity index (χ0) is 14.9. The molecule has 0 bridgehead atoms. The fourth-order valence-electron chi connectivity index (χ4n) is 3.03. The molecule has 0 saturated carbocycles. The lowest BCUT2D eigenvalue weighted by molar-refractivity contribution is 0.213. The Balaban J connectivity index is 2.07. The van der Waals surface area contributed by atoms with E-state index in [4.69, 9.17) is 10.5 Å². The highest BCUT2D eigenvalue weighted by atomic mass is 19.1. The third-order valence-corrected chi connectivity index (χ3v) is 4.26. The van der Waals surface area contributed by atoms with Gasteiger partial charge in [0.15, 0.2) is 0 Å². The molecular formula is C17H17F2NO. The number of hydrogen-bond donors (Lipinski definition) is 1. The maximum Gasteiger partial charge on any atom is 0.129 e. The minimum absolute atomic E-state index is 0.0969. The van der Waals surface area contributed by atoms with Gasteiger partial charge in [-0.1, -0.05) is 24.3 Å². The molecular weight excluding hydrogens is 272 g/mol. The van der Waals surface area contributed by atoms with E-state index in [9.17, 15) is 8.78 Å². The molecule has 0 radical (unpaired) electrons. The lowest BCUT2D eigenvalue weighted by Crippen LogP contribution is -2.42. The third-order valence-electron chi connectivity index (χ3n) is 4.26. The molecule has 2 aromatic rings. The number of fused-ring (bicyclic) bond motifs is 1. The highest BCUT2D eigenvalue weighted by Crippen LogP contribution is 2.41. The summed E-state index contributed by atoms with van der Waals surface area (Å²) in [5.74, 6) is -0.287. The second kappa shape index (κ2) is 5.45. The molecule has 110 valence electrons. The largest absolute Gasteiger partial charge is 0.493 e. The summed E-state index contributed by atoms with van der Waals surface area (Å²) in [6.07, 6.45) is 0.886. The summed E-state index contributed by atoms with van der Waals surface area (Å²) >= 11 is 0. The Morgan fingerprint density at radius 3 is 2.48 bits per heavy atom. The molecule has 1 aliphatic heterocycles. The number of para-hydroxylation sites is 1. The molecule has 1 atom stereocenters. The average Bonchev–Trinajstić information content (AvgIpc) is 2.51. The standard InChI is InChI=1S/C17H17F2NO/c18-14-5-3-6-15(19)12(14)10-17(11-20)8-9-21-16-7-2-1-4-13(16)17/h1-7H,8-11,20H2. The number of rotatable bonds is 3. The predicted molar refractivity (Wildman–Crippen MR) is 77.3 cm³/mol. The van der Waals surface area contributed by atoms with Crippen molar-refractivity contribution in [1.82, 2.24) is 0 Å². The molecule has 2 aromatic carbocycles. The van der Waals surface area contributed by atoms with Gasteiger partial charge in [-0.05, 0) is 31.0 Å². The molecule has 3 rings (SSSR count). The van der Waals surface area contributed by atoms with Crippen LogP contribution in [0.2, 0.25) is 0 Å². The van der Waals surface area contributed by atoms with Crippen molar-refractivity contribution in [3.8, 4) is 5.75 Å². The van der Waals surface area contributed by atoms with Crippen molar-refractivity contribution in [2.24, 2.45) is 5.73 Å². The molecule has 0 spiro atoms. The summed E-state index contributed by atoms with van der Waals surface area (Å²) in [5.41, 5.74) is 6.54. The number of halogens is 2. The van der Waals surface area contributed by atoms with Crippen molar-refractivity contribution in [1.29, 1.82) is 0 Å². The fourth-order valence-corrected chi connectivity index (χ4v) is 3.03. The van der Waals surface area contributed by atoms with Crippen LogP contribution in [0.25, 0.3) is 0 Å². The summed E-state index contributed by atoms with van der Waals surface area (Å²) in [6, 6.07) is 11.5. The van der Waals surface area contributed by atoms with E-state index in [1.807, 2.05) is 24.3 Å². The Labute approximate surface area is 122 Å². The van der Waals surface area contributed by atoms with Crippen molar-refractivity contribution in [2.75, 3.05) is 13.2 Å².